The number of carboxylic acids is 1. The Kier molecular flexibility index (Phi) is 27.8. The number of piperidine rings is 2. The lowest BCUT2D eigenvalue weighted by Gasteiger charge is -2.38. The minimum atomic E-state index is -5.08. The molecule has 6 amide bonds. The van der Waals surface area contributed by atoms with Crippen LogP contribution in [0.5, 0.6) is 28.7 Å². The Labute approximate surface area is 735 Å². The maximum absolute atomic E-state index is 12.4. The molecule has 6 aliphatic rings. The minimum absolute atomic E-state index is 0.00628. The fraction of sp³-hybridized carbons (Fsp3) is 0.266. The number of likely N-dealkylation sites (tertiary alicyclic amines) is 2. The first-order valence-corrected chi connectivity index (χ1v) is 41.8. The maximum atomic E-state index is 12.4. The van der Waals surface area contributed by atoms with Crippen LogP contribution in [-0.4, -0.2) is 171 Å². The Morgan fingerprint density at radius 1 is 0.430 bits per heavy atom. The van der Waals surface area contributed by atoms with Crippen LogP contribution in [0.25, 0.3) is 45.0 Å². The smallest absolute Gasteiger partial charge is 0.490 e. The monoisotopic (exact) mass is 1740 g/mol. The lowest BCUT2D eigenvalue weighted by Crippen LogP contribution is -2.41. The SMILES string of the molecule is C=CC(=O)N1CCC(C2CCNc3c(C(N)=O)c(-c4ccc(C)c(OC)c4)nn32)CC1.C=CC(=O)N1CCC(C2CCNc3c(C(N)=O)c(-c4ccccc4)nn32)CC1.NC(=O)c1c(-c2ccc(Oc3ccccc3)cc2)nn2c1NCCC2c1cccnc1.NC(=O)c1c(-c2ccc(Oc3ccccc3)cc2)nn2c1NCCC2c1ccncc1.O=C(O)C(F)(F)F. The Hall–Kier alpha value is -15.4. The van der Waals surface area contributed by atoms with Gasteiger partial charge in [0.15, 0.2) is 0 Å². The second-order valence-corrected chi connectivity index (χ2v) is 31.1. The molecule has 0 saturated carbocycles. The van der Waals surface area contributed by atoms with Crippen molar-refractivity contribution in [2.24, 2.45) is 34.8 Å². The molecule has 34 heteroatoms. The number of halogens is 3. The molecule has 0 aliphatic carbocycles. The highest BCUT2D eigenvalue weighted by molar-refractivity contribution is 6.06. The number of ether oxygens (including phenoxy) is 3. The number of primary amides is 4. The number of amides is 6. The molecule has 0 radical (unpaired) electrons. The van der Waals surface area contributed by atoms with Crippen LogP contribution < -0.4 is 58.4 Å². The number of fused-ring (bicyclic) bond motifs is 4. The lowest BCUT2D eigenvalue weighted by molar-refractivity contribution is -0.192. The number of aryl methyl sites for hydroxylation is 1. The molecule has 6 aromatic carbocycles. The third-order valence-corrected chi connectivity index (χ3v) is 23.2. The van der Waals surface area contributed by atoms with Gasteiger partial charge in [0.25, 0.3) is 23.6 Å². The number of pyridine rings is 2. The van der Waals surface area contributed by atoms with E-state index in [-0.39, 0.29) is 36.0 Å². The number of methoxy groups -OCH3 is 1. The molecular weight excluding hydrogens is 1640 g/mol. The molecule has 6 aromatic heterocycles. The van der Waals surface area contributed by atoms with E-state index >= 15 is 0 Å². The summed E-state index contributed by atoms with van der Waals surface area (Å²) >= 11 is 0. The van der Waals surface area contributed by atoms with Gasteiger partial charge >= 0.3 is 12.1 Å². The maximum Gasteiger partial charge on any atom is 0.490 e. The number of benzene rings is 6. The third kappa shape index (κ3) is 20.0. The van der Waals surface area contributed by atoms with Gasteiger partial charge in [0, 0.05) is 99.4 Å². The third-order valence-electron chi connectivity index (χ3n) is 23.2. The van der Waals surface area contributed by atoms with Gasteiger partial charge in [-0.05, 0) is 196 Å². The number of anilines is 4. The van der Waals surface area contributed by atoms with Gasteiger partial charge in [-0.15, -0.1) is 0 Å². The molecule has 12 aromatic rings. The van der Waals surface area contributed by atoms with Crippen molar-refractivity contribution >= 4 is 64.7 Å². The number of nitrogens with two attached hydrogens (primary N) is 4. The van der Waals surface area contributed by atoms with Crippen molar-refractivity contribution in [2.75, 3.05) is 80.7 Å². The molecule has 2 fully saturated rings. The van der Waals surface area contributed by atoms with Crippen molar-refractivity contribution in [2.45, 2.75) is 88.6 Å². The summed E-state index contributed by atoms with van der Waals surface area (Å²) in [5.41, 5.74) is 33.4. The van der Waals surface area contributed by atoms with Crippen molar-refractivity contribution in [1.82, 2.24) is 58.9 Å². The van der Waals surface area contributed by atoms with E-state index in [1.165, 1.54) is 12.2 Å². The fourth-order valence-corrected chi connectivity index (χ4v) is 17.0. The average molecular weight is 1740 g/mol. The molecule has 660 valence electrons. The van der Waals surface area contributed by atoms with Crippen LogP contribution in [0.2, 0.25) is 0 Å². The van der Waals surface area contributed by atoms with Crippen LogP contribution in [0, 0.1) is 18.8 Å². The fourth-order valence-electron chi connectivity index (χ4n) is 17.0. The van der Waals surface area contributed by atoms with E-state index in [1.54, 1.807) is 25.7 Å². The summed E-state index contributed by atoms with van der Waals surface area (Å²) < 4.78 is 56.5. The number of alkyl halides is 3. The lowest BCUT2D eigenvalue weighted by atomic mass is 9.87. The standard InChI is InChI=1S/2C24H21N5O2.C23H29N5O3.C21H25N5O2.C2HF3O2/c25-23(30)21-22(16-8-10-19(11-9-16)31-18-6-2-1-3-7-18)28-29-20(12-14-27-24(21)29)17-5-4-13-26-15-17;25-23(30)21-22(17-6-8-19(9-7-17)31-18-4-2-1-3-5-18)28-29-20(12-15-27-24(21)29)16-10-13-26-14-11-16;1-4-19(29)27-11-8-15(9-12-27)17-7-10-25-23-20(22(24)30)21(26-28(17)23)16-6-5-14(2)18(13-16)31-3;1-2-17(27)25-12-9-14(10-13-25)16-8-11-23-21-18(20(22)28)19(24-26(16)21)15-6-4-3-5-7-15;3-2(4,5)1(6)7/h1-11,13,15,20,27H,12,14H2,(H2,25,30);1-11,13-14,20,27H,12,15H2,(H2,25,30);4-6,13,15,17,25H,1,7-12H2,2-3H3,(H2,24,30);2-7,14,16,23H,1,8-13H2,(H2,22,28);(H,6,7). The molecule has 4 atom stereocenters. The highest BCUT2D eigenvalue weighted by Gasteiger charge is 2.41. The second-order valence-electron chi connectivity index (χ2n) is 31.1. The molecular formula is C94H97F3N20O11. The highest BCUT2D eigenvalue weighted by Crippen LogP contribution is 2.45. The van der Waals surface area contributed by atoms with Crippen molar-refractivity contribution < 1.29 is 66.1 Å². The zero-order valence-electron chi connectivity index (χ0n) is 70.3. The van der Waals surface area contributed by atoms with Crippen molar-refractivity contribution in [3.63, 3.8) is 0 Å². The zero-order valence-corrected chi connectivity index (χ0v) is 70.3. The van der Waals surface area contributed by atoms with E-state index in [4.69, 9.17) is 67.4 Å². The first-order chi connectivity index (χ1) is 61.9. The minimum Gasteiger partial charge on any atom is -0.496 e. The Bertz CT molecular complexity index is 5780. The molecule has 128 heavy (non-hydrogen) atoms. The number of nitrogens with zero attached hydrogens (tertiary/aromatic N) is 12. The quantitative estimate of drug-likeness (QED) is 0.0340. The van der Waals surface area contributed by atoms with Crippen LogP contribution in [0.4, 0.5) is 36.4 Å². The van der Waals surface area contributed by atoms with E-state index in [9.17, 15) is 41.9 Å². The summed E-state index contributed by atoms with van der Waals surface area (Å²) in [6.07, 6.45) is 11.9. The second kappa shape index (κ2) is 40.1. The van der Waals surface area contributed by atoms with Crippen LogP contribution in [0.1, 0.15) is 134 Å². The number of carbonyl (C=O) groups excluding carboxylic acids is 6. The van der Waals surface area contributed by atoms with Gasteiger partial charge in [-0.2, -0.15) is 33.6 Å². The van der Waals surface area contributed by atoms with Gasteiger partial charge in [-0.25, -0.2) is 23.5 Å². The number of hydrogen-bond acceptors (Lipinski definition) is 20. The predicted octanol–water partition coefficient (Wildman–Crippen LogP) is 14.3. The summed E-state index contributed by atoms with van der Waals surface area (Å²) in [5.74, 6) is 2.34. The van der Waals surface area contributed by atoms with Gasteiger partial charge in [0.1, 0.15) is 97.0 Å². The van der Waals surface area contributed by atoms with E-state index in [0.29, 0.717) is 105 Å². The van der Waals surface area contributed by atoms with Crippen LogP contribution in [0.15, 0.2) is 232 Å². The molecule has 0 bridgehead atoms. The van der Waals surface area contributed by atoms with Crippen molar-refractivity contribution in [3.05, 3.63) is 271 Å². The van der Waals surface area contributed by atoms with E-state index in [0.717, 1.165) is 147 Å². The Morgan fingerprint density at radius 3 is 1.16 bits per heavy atom. The van der Waals surface area contributed by atoms with E-state index in [1.807, 2.05) is 224 Å². The number of rotatable bonds is 19. The van der Waals surface area contributed by atoms with Gasteiger partial charge in [-0.3, -0.25) is 38.7 Å². The van der Waals surface area contributed by atoms with Crippen LogP contribution in [-0.2, 0) is 14.4 Å². The molecule has 13 N–H and O–H groups in total. The molecule has 12 heterocycles. The van der Waals surface area contributed by atoms with Gasteiger partial charge in [0.05, 0.1) is 31.3 Å². The first-order valence-electron chi connectivity index (χ1n) is 41.8. The normalized spacial score (nSPS) is 16.7. The first kappa shape index (κ1) is 88.9. The van der Waals surface area contributed by atoms with Gasteiger partial charge in [0.2, 0.25) is 11.8 Å². The molecule has 18 rings (SSSR count). The predicted molar refractivity (Wildman–Crippen MR) is 477 cm³/mol. The average Bonchev–Trinajstić information content (AvgIpc) is 1.64. The molecule has 0 spiro atoms. The molecule has 6 aliphatic heterocycles. The number of hydrogen-bond donors (Lipinski definition) is 9. The Balaban J connectivity index is 0.000000135. The molecule has 31 nitrogen and oxygen atoms in total. The highest BCUT2D eigenvalue weighted by atomic mass is 19.4. The Morgan fingerprint density at radius 2 is 0.781 bits per heavy atom. The number of carboxylic acid groups (broad SMARTS) is 1. The number of nitrogens with one attached hydrogen (secondary N) is 4. The summed E-state index contributed by atoms with van der Waals surface area (Å²) in [6, 6.07) is 57.8. The summed E-state index contributed by atoms with van der Waals surface area (Å²) in [7, 11) is 1.63. The molecule has 2 saturated heterocycles. The van der Waals surface area contributed by atoms with Crippen molar-refractivity contribution in [3.8, 4) is 73.8 Å². The number of para-hydroxylation sites is 2. The summed E-state index contributed by atoms with van der Waals surface area (Å²) in [4.78, 5) is 94.1. The van der Waals surface area contributed by atoms with Crippen LogP contribution in [0.3, 0.4) is 0 Å². The zero-order chi connectivity index (χ0) is 90.3. The van der Waals surface area contributed by atoms with Gasteiger partial charge in [-0.1, -0.05) is 98.1 Å². The largest absolute Gasteiger partial charge is 0.496 e. The number of carbonyl (C=O) groups is 7. The van der Waals surface area contributed by atoms with Crippen molar-refractivity contribution in [1.29, 1.82) is 0 Å². The number of aromatic nitrogens is 10. The van der Waals surface area contributed by atoms with E-state index < -0.39 is 35.8 Å². The number of aliphatic carboxylic acids is 1. The summed E-state index contributed by atoms with van der Waals surface area (Å²) in [5, 5.41) is 39.7. The van der Waals surface area contributed by atoms with E-state index in [2.05, 4.69) is 44.4 Å². The topological polar surface area (TPSA) is 423 Å². The molecule has 4 unspecified atom stereocenters. The summed E-state index contributed by atoms with van der Waals surface area (Å²) in [6.45, 7) is 15.0. The van der Waals surface area contributed by atoms with Crippen LogP contribution >= 0.6 is 0 Å². The van der Waals surface area contributed by atoms with Gasteiger partial charge < -0.3 is 73.3 Å².